The molecule has 0 amide bonds. The van der Waals surface area contributed by atoms with Gasteiger partial charge in [-0.2, -0.15) is 0 Å². The number of allylic oxidation sites excluding steroid dienone is 1. The fourth-order valence-corrected chi connectivity index (χ4v) is 4.58. The van der Waals surface area contributed by atoms with Gasteiger partial charge in [0, 0.05) is 5.41 Å². The van der Waals surface area contributed by atoms with Gasteiger partial charge >= 0.3 is 0 Å². The molecule has 0 heterocycles. The maximum Gasteiger partial charge on any atom is 0.0527 e. The van der Waals surface area contributed by atoms with E-state index in [9.17, 15) is 5.11 Å². The summed E-state index contributed by atoms with van der Waals surface area (Å²) in [5.74, 6) is 3.83. The van der Waals surface area contributed by atoms with Crippen molar-refractivity contribution in [3.8, 4) is 0 Å². The first-order valence-electron chi connectivity index (χ1n) is 6.18. The van der Waals surface area contributed by atoms with Gasteiger partial charge in [-0.15, -0.1) is 0 Å². The third-order valence-corrected chi connectivity index (χ3v) is 5.40. The molecule has 5 unspecified atom stereocenters. The molecule has 3 saturated carbocycles. The topological polar surface area (TPSA) is 20.2 Å². The van der Waals surface area contributed by atoms with Gasteiger partial charge in [-0.25, -0.2) is 0 Å². The second-order valence-corrected chi connectivity index (χ2v) is 5.89. The maximum atomic E-state index is 9.63. The molecule has 4 rings (SSSR count). The van der Waals surface area contributed by atoms with E-state index < -0.39 is 0 Å². The molecule has 0 spiro atoms. The predicted octanol–water partition coefficient (Wildman–Crippen LogP) is 2.36. The maximum absolute atomic E-state index is 9.63. The average molecular weight is 190 g/mol. The van der Waals surface area contributed by atoms with Crippen molar-refractivity contribution < 1.29 is 5.11 Å². The smallest absolute Gasteiger partial charge is 0.0527 e. The summed E-state index contributed by atoms with van der Waals surface area (Å²) in [6, 6.07) is 0. The van der Waals surface area contributed by atoms with Crippen molar-refractivity contribution in [3.63, 3.8) is 0 Å². The highest BCUT2D eigenvalue weighted by Gasteiger charge is 2.70. The first kappa shape index (κ1) is 7.92. The van der Waals surface area contributed by atoms with E-state index in [-0.39, 0.29) is 0 Å². The summed E-state index contributed by atoms with van der Waals surface area (Å²) in [7, 11) is 0. The van der Waals surface area contributed by atoms with E-state index in [0.717, 1.165) is 23.7 Å². The molecule has 1 N–H and O–H groups in total. The second kappa shape index (κ2) is 2.27. The zero-order chi connectivity index (χ0) is 9.34. The van der Waals surface area contributed by atoms with Gasteiger partial charge in [0.15, 0.2) is 0 Å². The summed E-state index contributed by atoms with van der Waals surface area (Å²) in [6.07, 6.45) is 9.36. The number of rotatable bonds is 1. The van der Waals surface area contributed by atoms with E-state index in [1.807, 2.05) is 0 Å². The Kier molecular flexibility index (Phi) is 1.28. The van der Waals surface area contributed by atoms with Crippen LogP contribution in [0.4, 0.5) is 0 Å². The van der Waals surface area contributed by atoms with Crippen molar-refractivity contribution >= 4 is 0 Å². The van der Waals surface area contributed by atoms with Crippen LogP contribution < -0.4 is 0 Å². The van der Waals surface area contributed by atoms with Gasteiger partial charge in [0.25, 0.3) is 0 Å². The number of fused-ring (bicyclic) bond motifs is 6. The van der Waals surface area contributed by atoms with Crippen LogP contribution in [0.2, 0.25) is 0 Å². The van der Waals surface area contributed by atoms with Crippen LogP contribution in [-0.4, -0.2) is 11.7 Å². The Morgan fingerprint density at radius 2 is 2.36 bits per heavy atom. The molecular weight excluding hydrogens is 172 g/mol. The molecule has 0 saturated heterocycles. The lowest BCUT2D eigenvalue weighted by Gasteiger charge is -2.34. The molecule has 0 radical (unpaired) electrons. The van der Waals surface area contributed by atoms with Gasteiger partial charge in [0.2, 0.25) is 0 Å². The van der Waals surface area contributed by atoms with E-state index in [4.69, 9.17) is 0 Å². The summed E-state index contributed by atoms with van der Waals surface area (Å²) < 4.78 is 0. The highest BCUT2D eigenvalue weighted by atomic mass is 16.3. The normalized spacial score (nSPS) is 57.9. The number of hydrogen-bond acceptors (Lipinski definition) is 1. The third-order valence-electron chi connectivity index (χ3n) is 5.40. The minimum Gasteiger partial charge on any atom is -0.395 e. The largest absolute Gasteiger partial charge is 0.395 e. The van der Waals surface area contributed by atoms with Crippen LogP contribution in [0, 0.1) is 29.1 Å². The average Bonchev–Trinajstić information content (AvgIpc) is 3.11. The fourth-order valence-electron chi connectivity index (χ4n) is 4.58. The Morgan fingerprint density at radius 1 is 1.43 bits per heavy atom. The van der Waals surface area contributed by atoms with Gasteiger partial charge in [-0.05, 0) is 55.8 Å². The van der Waals surface area contributed by atoms with Crippen LogP contribution in [0.15, 0.2) is 11.6 Å². The molecule has 1 heteroatoms. The van der Waals surface area contributed by atoms with Crippen molar-refractivity contribution in [2.45, 2.75) is 32.1 Å². The van der Waals surface area contributed by atoms with Gasteiger partial charge in [0.05, 0.1) is 6.61 Å². The van der Waals surface area contributed by atoms with Crippen molar-refractivity contribution in [1.29, 1.82) is 0 Å². The monoisotopic (exact) mass is 190 g/mol. The van der Waals surface area contributed by atoms with Crippen LogP contribution in [0.3, 0.4) is 0 Å². The van der Waals surface area contributed by atoms with E-state index in [2.05, 4.69) is 6.08 Å². The molecule has 3 fully saturated rings. The Labute approximate surface area is 85.2 Å². The Balaban J connectivity index is 1.79. The molecule has 0 aliphatic heterocycles. The van der Waals surface area contributed by atoms with Crippen LogP contribution >= 0.6 is 0 Å². The van der Waals surface area contributed by atoms with Crippen LogP contribution in [-0.2, 0) is 0 Å². The fraction of sp³-hybridized carbons (Fsp3) is 0.846. The minimum absolute atomic E-state index is 0.308. The molecule has 0 aromatic rings. The third kappa shape index (κ3) is 0.735. The van der Waals surface area contributed by atoms with Crippen LogP contribution in [0.5, 0.6) is 0 Å². The summed E-state index contributed by atoms with van der Waals surface area (Å²) >= 11 is 0. The molecule has 14 heavy (non-hydrogen) atoms. The molecule has 0 aromatic heterocycles. The zero-order valence-corrected chi connectivity index (χ0v) is 8.58. The van der Waals surface area contributed by atoms with Gasteiger partial charge < -0.3 is 5.11 Å². The lowest BCUT2D eigenvalue weighted by Crippen LogP contribution is -2.28. The van der Waals surface area contributed by atoms with Crippen molar-refractivity contribution in [3.05, 3.63) is 11.6 Å². The first-order valence-corrected chi connectivity index (χ1v) is 6.18. The molecule has 4 aliphatic carbocycles. The molecule has 4 aliphatic rings. The first-order chi connectivity index (χ1) is 6.87. The van der Waals surface area contributed by atoms with Gasteiger partial charge in [0.1, 0.15) is 0 Å². The van der Waals surface area contributed by atoms with Crippen molar-refractivity contribution in [2.24, 2.45) is 29.1 Å². The van der Waals surface area contributed by atoms with Gasteiger partial charge in [-0.3, -0.25) is 0 Å². The zero-order valence-electron chi connectivity index (χ0n) is 8.58. The van der Waals surface area contributed by atoms with Crippen LogP contribution in [0.25, 0.3) is 0 Å². The Bertz CT molecular complexity index is 319. The van der Waals surface area contributed by atoms with Crippen molar-refractivity contribution in [2.75, 3.05) is 6.61 Å². The summed E-state index contributed by atoms with van der Waals surface area (Å²) in [5.41, 5.74) is 2.00. The lowest BCUT2D eigenvalue weighted by atomic mass is 9.71. The molecule has 1 nitrogen and oxygen atoms in total. The molecule has 0 bridgehead atoms. The number of hydrogen-bond donors (Lipinski definition) is 1. The minimum atomic E-state index is 0.308. The number of aliphatic hydroxyl groups excluding tert-OH is 1. The van der Waals surface area contributed by atoms with E-state index in [0.29, 0.717) is 12.0 Å². The van der Waals surface area contributed by atoms with Gasteiger partial charge in [-0.1, -0.05) is 11.6 Å². The predicted molar refractivity (Wildman–Crippen MR) is 54.6 cm³/mol. The standard InChI is InChI=1S/C13H18O/c14-7-13-6-12(13)10-5-9(10)8-3-1-2-4-11(8)13/h4,8-10,12,14H,1-3,5-7H2. The molecular formula is C13H18O. The molecule has 5 atom stereocenters. The number of aliphatic hydroxyl groups is 1. The lowest BCUT2D eigenvalue weighted by molar-refractivity contribution is 0.183. The highest BCUT2D eigenvalue weighted by molar-refractivity contribution is 5.37. The Morgan fingerprint density at radius 3 is 3.21 bits per heavy atom. The summed E-state index contributed by atoms with van der Waals surface area (Å²) in [5, 5.41) is 9.63. The van der Waals surface area contributed by atoms with Crippen molar-refractivity contribution in [1.82, 2.24) is 0 Å². The summed E-state index contributed by atoms with van der Waals surface area (Å²) in [4.78, 5) is 0. The van der Waals surface area contributed by atoms with Crippen LogP contribution in [0.1, 0.15) is 32.1 Å². The quantitative estimate of drug-likeness (QED) is 0.629. The SMILES string of the molecule is OCC12CC1C1CC1C1CCCC=C12. The Hall–Kier alpha value is -0.300. The van der Waals surface area contributed by atoms with E-state index in [1.165, 1.54) is 32.1 Å². The van der Waals surface area contributed by atoms with E-state index in [1.54, 1.807) is 5.57 Å². The molecule has 76 valence electrons. The van der Waals surface area contributed by atoms with E-state index >= 15 is 0 Å². The highest BCUT2D eigenvalue weighted by Crippen LogP contribution is 2.76. The molecule has 0 aromatic carbocycles. The summed E-state index contributed by atoms with van der Waals surface area (Å²) in [6.45, 7) is 0.434. The second-order valence-electron chi connectivity index (χ2n) is 5.89.